The van der Waals surface area contributed by atoms with Crippen LogP contribution in [0.5, 0.6) is 0 Å². The first-order chi connectivity index (χ1) is 8.01. The van der Waals surface area contributed by atoms with Crippen LogP contribution in [0.3, 0.4) is 0 Å². The number of hydrogen-bond donors (Lipinski definition) is 0. The summed E-state index contributed by atoms with van der Waals surface area (Å²) in [6.45, 7) is 1.84. The van der Waals surface area contributed by atoms with Crippen molar-refractivity contribution < 1.29 is 18.3 Å². The smallest absolute Gasteiger partial charge is 0.340 e. The maximum absolute atomic E-state index is 12.7. The molecule has 0 unspecified atom stereocenters. The highest BCUT2D eigenvalue weighted by molar-refractivity contribution is 14.1. The molecule has 0 saturated carbocycles. The van der Waals surface area contributed by atoms with Gasteiger partial charge in [-0.1, -0.05) is 15.9 Å². The second kappa shape index (κ2) is 6.58. The molecule has 0 atom stereocenters. The first kappa shape index (κ1) is 14.7. The fraction of sp³-hybridized carbons (Fsp3) is 0.400. The SMILES string of the molecule is CCOC(=O)c1cc(C(F)F)c(I)nc1CBr. The van der Waals surface area contributed by atoms with Crippen LogP contribution in [0.1, 0.15) is 35.0 Å². The molecule has 0 aliphatic carbocycles. The number of pyridine rings is 1. The number of rotatable bonds is 4. The van der Waals surface area contributed by atoms with E-state index in [4.69, 9.17) is 4.74 Å². The summed E-state index contributed by atoms with van der Waals surface area (Å²) in [5, 5.41) is 0.306. The van der Waals surface area contributed by atoms with Gasteiger partial charge in [-0.3, -0.25) is 0 Å². The van der Waals surface area contributed by atoms with Crippen molar-refractivity contribution in [2.75, 3.05) is 6.61 Å². The van der Waals surface area contributed by atoms with E-state index in [1.807, 2.05) is 0 Å². The predicted molar refractivity (Wildman–Crippen MR) is 70.5 cm³/mol. The van der Waals surface area contributed by atoms with Gasteiger partial charge in [-0.15, -0.1) is 0 Å². The Hall–Kier alpha value is -0.310. The minimum absolute atomic E-state index is 0.0828. The Morgan fingerprint density at radius 1 is 1.65 bits per heavy atom. The summed E-state index contributed by atoms with van der Waals surface area (Å²) < 4.78 is 30.4. The van der Waals surface area contributed by atoms with Gasteiger partial charge in [-0.25, -0.2) is 18.6 Å². The van der Waals surface area contributed by atoms with E-state index in [0.717, 1.165) is 6.07 Å². The standard InChI is InChI=1S/C10H9BrF2INO2/c1-2-17-10(16)5-3-6(8(12)13)9(14)15-7(5)4-11/h3,8H,2,4H2,1H3. The number of alkyl halides is 3. The van der Waals surface area contributed by atoms with Crippen molar-refractivity contribution in [3.8, 4) is 0 Å². The predicted octanol–water partition coefficient (Wildman–Crippen LogP) is 3.70. The first-order valence-electron chi connectivity index (χ1n) is 4.71. The number of halogens is 4. The molecule has 0 aromatic carbocycles. The summed E-state index contributed by atoms with van der Waals surface area (Å²) in [6, 6.07) is 1.15. The number of carbonyl (C=O) groups is 1. The molecule has 0 aliphatic rings. The monoisotopic (exact) mass is 419 g/mol. The van der Waals surface area contributed by atoms with Gasteiger partial charge < -0.3 is 4.74 Å². The molecule has 0 bridgehead atoms. The number of carbonyl (C=O) groups excluding carboxylic acids is 1. The van der Waals surface area contributed by atoms with Crippen LogP contribution in [0, 0.1) is 3.70 Å². The molecule has 0 aliphatic heterocycles. The zero-order chi connectivity index (χ0) is 13.0. The quantitative estimate of drug-likeness (QED) is 0.323. The third-order valence-corrected chi connectivity index (χ3v) is 3.33. The summed E-state index contributed by atoms with van der Waals surface area (Å²) in [6.07, 6.45) is -2.66. The molecule has 1 aromatic rings. The molecule has 17 heavy (non-hydrogen) atoms. The summed E-state index contributed by atoms with van der Waals surface area (Å²) in [7, 11) is 0. The Kier molecular flexibility index (Phi) is 5.71. The van der Waals surface area contributed by atoms with Crippen molar-refractivity contribution in [2.45, 2.75) is 18.7 Å². The normalized spacial score (nSPS) is 10.7. The number of aromatic nitrogens is 1. The summed E-state index contributed by atoms with van der Waals surface area (Å²) >= 11 is 4.88. The zero-order valence-electron chi connectivity index (χ0n) is 8.84. The van der Waals surface area contributed by atoms with Gasteiger partial charge in [0.15, 0.2) is 0 Å². The Morgan fingerprint density at radius 3 is 2.76 bits per heavy atom. The van der Waals surface area contributed by atoms with E-state index in [1.54, 1.807) is 29.5 Å². The molecule has 3 nitrogen and oxygen atoms in total. The van der Waals surface area contributed by atoms with Crippen molar-refractivity contribution in [1.29, 1.82) is 0 Å². The summed E-state index contributed by atoms with van der Waals surface area (Å²) in [5.41, 5.74) is 0.232. The van der Waals surface area contributed by atoms with Crippen molar-refractivity contribution in [1.82, 2.24) is 4.98 Å². The minimum atomic E-state index is -2.66. The van der Waals surface area contributed by atoms with Gasteiger partial charge in [0, 0.05) is 5.33 Å². The maximum atomic E-state index is 12.7. The highest BCUT2D eigenvalue weighted by atomic mass is 127. The maximum Gasteiger partial charge on any atom is 0.340 e. The van der Waals surface area contributed by atoms with E-state index in [9.17, 15) is 13.6 Å². The molecule has 1 rings (SSSR count). The molecule has 1 heterocycles. The van der Waals surface area contributed by atoms with Crippen LogP contribution < -0.4 is 0 Å². The highest BCUT2D eigenvalue weighted by Crippen LogP contribution is 2.26. The molecule has 0 N–H and O–H groups in total. The summed E-state index contributed by atoms with van der Waals surface area (Å²) in [4.78, 5) is 15.6. The third-order valence-electron chi connectivity index (χ3n) is 1.94. The van der Waals surface area contributed by atoms with E-state index in [1.165, 1.54) is 0 Å². The van der Waals surface area contributed by atoms with Gasteiger partial charge in [-0.05, 0) is 35.6 Å². The fourth-order valence-electron chi connectivity index (χ4n) is 1.18. The topological polar surface area (TPSA) is 39.2 Å². The lowest BCUT2D eigenvalue weighted by Gasteiger charge is -2.10. The van der Waals surface area contributed by atoms with Crippen molar-refractivity contribution in [3.05, 3.63) is 26.6 Å². The number of hydrogen-bond acceptors (Lipinski definition) is 3. The Labute approximate surface area is 119 Å². The zero-order valence-corrected chi connectivity index (χ0v) is 12.6. The molecule has 94 valence electrons. The van der Waals surface area contributed by atoms with Crippen LogP contribution in [0.25, 0.3) is 0 Å². The minimum Gasteiger partial charge on any atom is -0.462 e. The molecular formula is C10H9BrF2INO2. The van der Waals surface area contributed by atoms with E-state index in [2.05, 4.69) is 20.9 Å². The van der Waals surface area contributed by atoms with Gasteiger partial charge in [0.1, 0.15) is 3.70 Å². The van der Waals surface area contributed by atoms with Crippen LogP contribution in [-0.2, 0) is 10.1 Å². The molecule has 0 fully saturated rings. The Balaban J connectivity index is 3.26. The number of ether oxygens (including phenoxy) is 1. The second-order valence-electron chi connectivity index (χ2n) is 3.02. The Morgan fingerprint density at radius 2 is 2.29 bits per heavy atom. The van der Waals surface area contributed by atoms with E-state index >= 15 is 0 Å². The third kappa shape index (κ3) is 3.57. The average Bonchev–Trinajstić information content (AvgIpc) is 2.28. The van der Waals surface area contributed by atoms with Crippen LogP contribution in [0.4, 0.5) is 8.78 Å². The molecule has 0 saturated heterocycles. The van der Waals surface area contributed by atoms with Crippen LogP contribution >= 0.6 is 38.5 Å². The van der Waals surface area contributed by atoms with Crippen molar-refractivity contribution >= 4 is 44.5 Å². The number of nitrogens with zero attached hydrogens (tertiary/aromatic N) is 1. The lowest BCUT2D eigenvalue weighted by molar-refractivity contribution is 0.0524. The van der Waals surface area contributed by atoms with E-state index < -0.39 is 12.4 Å². The molecule has 0 amide bonds. The molecule has 0 spiro atoms. The first-order valence-corrected chi connectivity index (χ1v) is 6.91. The average molecular weight is 420 g/mol. The summed E-state index contributed by atoms with van der Waals surface area (Å²) in [5.74, 6) is -0.632. The van der Waals surface area contributed by atoms with Crippen LogP contribution in [0.15, 0.2) is 6.07 Å². The van der Waals surface area contributed by atoms with Crippen LogP contribution in [0.2, 0.25) is 0 Å². The van der Waals surface area contributed by atoms with Crippen molar-refractivity contribution in [3.63, 3.8) is 0 Å². The lowest BCUT2D eigenvalue weighted by Crippen LogP contribution is -2.11. The van der Waals surface area contributed by atoms with Gasteiger partial charge in [0.25, 0.3) is 6.43 Å². The van der Waals surface area contributed by atoms with Crippen molar-refractivity contribution in [2.24, 2.45) is 0 Å². The highest BCUT2D eigenvalue weighted by Gasteiger charge is 2.20. The second-order valence-corrected chi connectivity index (χ2v) is 4.60. The largest absolute Gasteiger partial charge is 0.462 e. The fourth-order valence-corrected chi connectivity index (χ4v) is 2.29. The van der Waals surface area contributed by atoms with E-state index in [0.29, 0.717) is 11.0 Å². The Bertz CT molecular complexity index is 429. The van der Waals surface area contributed by atoms with E-state index in [-0.39, 0.29) is 21.4 Å². The number of esters is 1. The molecular weight excluding hydrogens is 411 g/mol. The lowest BCUT2D eigenvalue weighted by atomic mass is 10.1. The van der Waals surface area contributed by atoms with Gasteiger partial charge in [0.05, 0.1) is 23.4 Å². The van der Waals surface area contributed by atoms with Gasteiger partial charge in [0.2, 0.25) is 0 Å². The molecule has 7 heteroatoms. The van der Waals surface area contributed by atoms with Gasteiger partial charge >= 0.3 is 5.97 Å². The van der Waals surface area contributed by atoms with Gasteiger partial charge in [-0.2, -0.15) is 0 Å². The molecule has 1 aromatic heterocycles. The molecule has 0 radical (unpaired) electrons. The van der Waals surface area contributed by atoms with Crippen LogP contribution in [-0.4, -0.2) is 17.6 Å².